The van der Waals surface area contributed by atoms with Gasteiger partial charge in [0.25, 0.3) is 0 Å². The normalized spacial score (nSPS) is 8.20. The maximum absolute atomic E-state index is 8.74. The van der Waals surface area contributed by atoms with Crippen molar-refractivity contribution in [2.45, 2.75) is 0 Å². The van der Waals surface area contributed by atoms with E-state index in [0.29, 0.717) is 0 Å². The number of hydrogen-bond acceptors (Lipinski definition) is 5. The molecule has 0 saturated carbocycles. The van der Waals surface area contributed by atoms with E-state index in [0.717, 1.165) is 0 Å². The first kappa shape index (κ1) is 16.3. The van der Waals surface area contributed by atoms with Gasteiger partial charge in [0.15, 0.2) is 0 Å². The van der Waals surface area contributed by atoms with Crippen LogP contribution in [0.2, 0.25) is 0 Å². The molecule has 0 unspecified atom stereocenters. The van der Waals surface area contributed by atoms with Crippen molar-refractivity contribution < 1.29 is 30.1 Å². The first-order valence-electron chi connectivity index (χ1n) is 1.20. The highest BCUT2D eigenvalue weighted by Gasteiger charge is 1.84. The second-order valence-electron chi connectivity index (χ2n) is 0.652. The Kier molecular flexibility index (Phi) is 10.9. The molecule has 0 amide bonds. The molecule has 10 heteroatoms. The first-order chi connectivity index (χ1) is 3.73. The van der Waals surface area contributed by atoms with Crippen molar-refractivity contribution in [3.63, 3.8) is 0 Å². The highest BCUT2D eigenvalue weighted by Crippen LogP contribution is 1.59. The smallest absolute Gasteiger partial charge is 0.264 e. The maximum atomic E-state index is 8.74. The third kappa shape index (κ3) is 1640. The minimum atomic E-state index is -4.67. The fourth-order valence-corrected chi connectivity index (χ4v) is 0. The second-order valence-corrected chi connectivity index (χ2v) is 1.96. The standard InChI is InChI=1S/B.H2O4S.O3S/c;1-5(2,3)4;1-4(2)3/h;(H2,1,2,3,4);. The molecular weight excluding hydrogens is 187 g/mol. The van der Waals surface area contributed by atoms with Gasteiger partial charge < -0.3 is 0 Å². The fourth-order valence-electron chi connectivity index (χ4n) is 0. The largest absolute Gasteiger partial charge is 0.425 e. The number of hydrogen-bond donors (Lipinski definition) is 2. The van der Waals surface area contributed by atoms with Crippen LogP contribution in [-0.4, -0.2) is 38.6 Å². The summed E-state index contributed by atoms with van der Waals surface area (Å²) in [5.74, 6) is 0. The van der Waals surface area contributed by atoms with Crippen LogP contribution >= 0.6 is 0 Å². The molecular formula is H2BO7S2. The molecule has 0 aromatic heterocycles. The lowest BCUT2D eigenvalue weighted by atomic mass is 10.8. The summed E-state index contributed by atoms with van der Waals surface area (Å²) in [6.45, 7) is 0. The van der Waals surface area contributed by atoms with Gasteiger partial charge in [0, 0.05) is 8.41 Å². The van der Waals surface area contributed by atoms with E-state index < -0.39 is 21.0 Å². The van der Waals surface area contributed by atoms with Gasteiger partial charge in [-0.25, -0.2) is 0 Å². The van der Waals surface area contributed by atoms with Crippen LogP contribution in [0.1, 0.15) is 0 Å². The Labute approximate surface area is 60.3 Å². The molecule has 0 heterocycles. The first-order valence-corrected chi connectivity index (χ1v) is 3.60. The van der Waals surface area contributed by atoms with E-state index in [-0.39, 0.29) is 8.41 Å². The molecule has 0 aromatic rings. The van der Waals surface area contributed by atoms with Gasteiger partial charge in [-0.1, -0.05) is 0 Å². The molecule has 0 aliphatic rings. The van der Waals surface area contributed by atoms with Crippen molar-refractivity contribution >= 4 is 29.4 Å². The predicted molar refractivity (Wildman–Crippen MR) is 29.6 cm³/mol. The monoisotopic (exact) mass is 189 g/mol. The topological polar surface area (TPSA) is 126 Å². The van der Waals surface area contributed by atoms with Crippen molar-refractivity contribution in [1.82, 2.24) is 0 Å². The number of rotatable bonds is 0. The van der Waals surface area contributed by atoms with Crippen LogP contribution in [0.15, 0.2) is 0 Å². The van der Waals surface area contributed by atoms with E-state index in [4.69, 9.17) is 30.1 Å². The van der Waals surface area contributed by atoms with Crippen molar-refractivity contribution in [1.29, 1.82) is 0 Å². The molecule has 0 saturated heterocycles. The lowest BCUT2D eigenvalue weighted by Crippen LogP contribution is -1.89. The molecule has 10 heavy (non-hydrogen) atoms. The molecule has 0 rings (SSSR count). The van der Waals surface area contributed by atoms with Crippen LogP contribution < -0.4 is 0 Å². The second kappa shape index (κ2) is 6.67. The Morgan fingerprint density at radius 3 is 1.00 bits per heavy atom. The minimum Gasteiger partial charge on any atom is -0.264 e. The summed E-state index contributed by atoms with van der Waals surface area (Å²) in [4.78, 5) is 0. The van der Waals surface area contributed by atoms with Gasteiger partial charge in [-0.15, -0.1) is 12.6 Å². The molecule has 0 bridgehead atoms. The van der Waals surface area contributed by atoms with Gasteiger partial charge in [0.05, 0.1) is 0 Å². The van der Waals surface area contributed by atoms with Crippen molar-refractivity contribution in [2.75, 3.05) is 0 Å². The van der Waals surface area contributed by atoms with E-state index >= 15 is 0 Å². The molecule has 0 aromatic carbocycles. The third-order valence-corrected chi connectivity index (χ3v) is 0. The summed E-state index contributed by atoms with van der Waals surface area (Å²) in [5, 5.41) is 0. The van der Waals surface area contributed by atoms with Gasteiger partial charge in [-0.05, 0) is 0 Å². The van der Waals surface area contributed by atoms with Gasteiger partial charge in [-0.2, -0.15) is 8.42 Å². The average molecular weight is 189 g/mol. The zero-order valence-corrected chi connectivity index (χ0v) is 5.96. The minimum absolute atomic E-state index is 0. The lowest BCUT2D eigenvalue weighted by Gasteiger charge is -1.68. The van der Waals surface area contributed by atoms with Crippen LogP contribution in [0, 0.1) is 0 Å². The molecule has 0 atom stereocenters. The molecule has 0 aliphatic carbocycles. The molecule has 7 nitrogen and oxygen atoms in total. The summed E-state index contributed by atoms with van der Waals surface area (Å²) >= 11 is 0. The van der Waals surface area contributed by atoms with E-state index in [1.165, 1.54) is 0 Å². The van der Waals surface area contributed by atoms with E-state index in [1.807, 2.05) is 0 Å². The molecule has 0 fully saturated rings. The Morgan fingerprint density at radius 1 is 1.00 bits per heavy atom. The van der Waals surface area contributed by atoms with Crippen LogP contribution in [0.5, 0.6) is 0 Å². The summed E-state index contributed by atoms with van der Waals surface area (Å²) < 4.78 is 56.9. The van der Waals surface area contributed by atoms with Gasteiger partial charge >= 0.3 is 21.0 Å². The molecule has 59 valence electrons. The third-order valence-electron chi connectivity index (χ3n) is 0. The quantitative estimate of drug-likeness (QED) is 0.332. The molecule has 2 N–H and O–H groups in total. The van der Waals surface area contributed by atoms with E-state index in [9.17, 15) is 0 Å². The van der Waals surface area contributed by atoms with Crippen LogP contribution in [0.25, 0.3) is 0 Å². The van der Waals surface area contributed by atoms with Crippen LogP contribution in [0.4, 0.5) is 0 Å². The van der Waals surface area contributed by atoms with Crippen molar-refractivity contribution in [3.8, 4) is 0 Å². The summed E-state index contributed by atoms with van der Waals surface area (Å²) in [7, 11) is -7.78. The molecule has 0 aliphatic heterocycles. The highest BCUT2D eigenvalue weighted by atomic mass is 32.3. The van der Waals surface area contributed by atoms with Gasteiger partial charge in [-0.3, -0.25) is 9.11 Å². The Balaban J connectivity index is -0.0000000910. The van der Waals surface area contributed by atoms with E-state index in [1.54, 1.807) is 0 Å². The van der Waals surface area contributed by atoms with Crippen molar-refractivity contribution in [2.24, 2.45) is 0 Å². The molecule has 0 spiro atoms. The van der Waals surface area contributed by atoms with Gasteiger partial charge in [0.1, 0.15) is 0 Å². The Morgan fingerprint density at radius 2 is 1.00 bits per heavy atom. The summed E-state index contributed by atoms with van der Waals surface area (Å²) in [6, 6.07) is 0. The Bertz CT molecular complexity index is 224. The van der Waals surface area contributed by atoms with Crippen LogP contribution in [-0.2, 0) is 21.0 Å². The predicted octanol–water partition coefficient (Wildman–Crippen LogP) is -2.04. The summed E-state index contributed by atoms with van der Waals surface area (Å²) in [5.41, 5.74) is 0. The maximum Gasteiger partial charge on any atom is 0.425 e. The SMILES string of the molecule is O=S(=O)(O)O.O=S(=O)=O.[B]. The lowest BCUT2D eigenvalue weighted by molar-refractivity contribution is 0.381. The van der Waals surface area contributed by atoms with Gasteiger partial charge in [0.2, 0.25) is 0 Å². The van der Waals surface area contributed by atoms with Crippen molar-refractivity contribution in [3.05, 3.63) is 0 Å². The zero-order valence-electron chi connectivity index (χ0n) is 4.33. The van der Waals surface area contributed by atoms with Crippen LogP contribution in [0.3, 0.4) is 0 Å². The highest BCUT2D eigenvalue weighted by molar-refractivity contribution is 7.79. The average Bonchev–Trinajstić information content (AvgIpc) is 1.19. The van der Waals surface area contributed by atoms with E-state index in [2.05, 4.69) is 0 Å². The zero-order chi connectivity index (χ0) is 8.08. The Hall–Kier alpha value is -0.445. The molecule has 3 radical (unpaired) electrons. The summed E-state index contributed by atoms with van der Waals surface area (Å²) in [6.07, 6.45) is 0. The fraction of sp³-hybridized carbons (Fsp3) is 0.